The van der Waals surface area contributed by atoms with Gasteiger partial charge in [-0.15, -0.1) is 0 Å². The number of halogens is 1. The van der Waals surface area contributed by atoms with Crippen molar-refractivity contribution in [2.75, 3.05) is 13.1 Å². The van der Waals surface area contributed by atoms with Crippen LogP contribution in [0.25, 0.3) is 0 Å². The van der Waals surface area contributed by atoms with Gasteiger partial charge in [-0.3, -0.25) is 4.90 Å². The molecule has 1 heterocycles. The normalized spacial score (nSPS) is 22.1. The van der Waals surface area contributed by atoms with E-state index in [0.717, 1.165) is 17.1 Å². The Kier molecular flexibility index (Phi) is 4.52. The summed E-state index contributed by atoms with van der Waals surface area (Å²) >= 11 is 6.29. The Morgan fingerprint density at radius 1 is 1.10 bits per heavy atom. The van der Waals surface area contributed by atoms with Crippen molar-refractivity contribution < 1.29 is 0 Å². The van der Waals surface area contributed by atoms with Gasteiger partial charge in [-0.1, -0.05) is 36.9 Å². The predicted octanol–water partition coefficient (Wildman–Crippen LogP) is 4.76. The highest BCUT2D eigenvalue weighted by Crippen LogP contribution is 2.44. The maximum Gasteiger partial charge on any atom is 0.0992 e. The van der Waals surface area contributed by atoms with E-state index in [4.69, 9.17) is 16.9 Å². The van der Waals surface area contributed by atoms with E-state index in [9.17, 15) is 0 Å². The number of benzene rings is 1. The molecule has 0 bridgehead atoms. The average molecular weight is 303 g/mol. The van der Waals surface area contributed by atoms with E-state index >= 15 is 0 Å². The van der Waals surface area contributed by atoms with Crippen LogP contribution in [-0.4, -0.2) is 18.0 Å². The molecule has 3 heteroatoms. The van der Waals surface area contributed by atoms with Crippen molar-refractivity contribution in [2.45, 2.75) is 51.5 Å². The SMILES string of the molecule is N#Cc1ccc(CN2CCC3(CCCCC3)CC2)c(Cl)c1. The maximum atomic E-state index is 8.90. The molecule has 1 spiro atoms. The molecule has 3 rings (SSSR count). The molecule has 0 radical (unpaired) electrons. The molecular weight excluding hydrogens is 280 g/mol. The second kappa shape index (κ2) is 6.38. The molecular formula is C18H23ClN2. The highest BCUT2D eigenvalue weighted by Gasteiger charge is 2.35. The van der Waals surface area contributed by atoms with E-state index in [1.165, 1.54) is 58.0 Å². The van der Waals surface area contributed by atoms with Gasteiger partial charge in [0.25, 0.3) is 0 Å². The molecule has 112 valence electrons. The van der Waals surface area contributed by atoms with Crippen molar-refractivity contribution in [1.82, 2.24) is 4.90 Å². The smallest absolute Gasteiger partial charge is 0.0992 e. The third kappa shape index (κ3) is 3.42. The first kappa shape index (κ1) is 14.9. The standard InChI is InChI=1S/C18H23ClN2/c19-17-12-15(13-20)4-5-16(17)14-21-10-8-18(9-11-21)6-2-1-3-7-18/h4-5,12H,1-3,6-11,14H2. The van der Waals surface area contributed by atoms with Crippen molar-refractivity contribution in [3.05, 3.63) is 34.3 Å². The minimum Gasteiger partial charge on any atom is -0.299 e. The highest BCUT2D eigenvalue weighted by atomic mass is 35.5. The Morgan fingerprint density at radius 2 is 1.81 bits per heavy atom. The molecule has 0 aromatic heterocycles. The van der Waals surface area contributed by atoms with Crippen LogP contribution in [0.4, 0.5) is 0 Å². The van der Waals surface area contributed by atoms with E-state index in [1.807, 2.05) is 12.1 Å². The van der Waals surface area contributed by atoms with Crippen LogP contribution in [0.2, 0.25) is 5.02 Å². The summed E-state index contributed by atoms with van der Waals surface area (Å²) in [7, 11) is 0. The summed E-state index contributed by atoms with van der Waals surface area (Å²) in [5.41, 5.74) is 2.45. The van der Waals surface area contributed by atoms with Crippen LogP contribution in [0.15, 0.2) is 18.2 Å². The van der Waals surface area contributed by atoms with Gasteiger partial charge >= 0.3 is 0 Å². The molecule has 1 aromatic carbocycles. The molecule has 1 aliphatic heterocycles. The second-order valence-corrected chi connectivity index (χ2v) is 7.16. The molecule has 0 amide bonds. The zero-order chi connectivity index (χ0) is 14.7. The lowest BCUT2D eigenvalue weighted by atomic mass is 9.68. The fourth-order valence-electron chi connectivity index (χ4n) is 3.97. The lowest BCUT2D eigenvalue weighted by molar-refractivity contribution is 0.0641. The second-order valence-electron chi connectivity index (χ2n) is 6.75. The number of nitriles is 1. The zero-order valence-electron chi connectivity index (χ0n) is 12.6. The van der Waals surface area contributed by atoms with Gasteiger partial charge < -0.3 is 0 Å². The van der Waals surface area contributed by atoms with Crippen molar-refractivity contribution in [2.24, 2.45) is 5.41 Å². The summed E-state index contributed by atoms with van der Waals surface area (Å²) in [5.74, 6) is 0. The zero-order valence-corrected chi connectivity index (χ0v) is 13.3. The van der Waals surface area contributed by atoms with E-state index in [-0.39, 0.29) is 0 Å². The summed E-state index contributed by atoms with van der Waals surface area (Å²) in [4.78, 5) is 2.52. The van der Waals surface area contributed by atoms with Crippen LogP contribution < -0.4 is 0 Å². The fraction of sp³-hybridized carbons (Fsp3) is 0.611. The van der Waals surface area contributed by atoms with Crippen LogP contribution >= 0.6 is 11.6 Å². The summed E-state index contributed by atoms with van der Waals surface area (Å²) in [6, 6.07) is 7.80. The first-order valence-corrected chi connectivity index (χ1v) is 8.50. The molecule has 1 aromatic rings. The Labute approximate surface area is 132 Å². The van der Waals surface area contributed by atoms with E-state index in [2.05, 4.69) is 11.0 Å². The third-order valence-electron chi connectivity index (χ3n) is 5.41. The van der Waals surface area contributed by atoms with Crippen LogP contribution in [0.3, 0.4) is 0 Å². The molecule has 2 nitrogen and oxygen atoms in total. The van der Waals surface area contributed by atoms with Gasteiger partial charge in [-0.05, 0) is 61.9 Å². The van der Waals surface area contributed by atoms with E-state index in [0.29, 0.717) is 11.0 Å². The van der Waals surface area contributed by atoms with Crippen LogP contribution in [0.1, 0.15) is 56.1 Å². The Balaban J connectivity index is 1.59. The minimum atomic E-state index is 0.642. The lowest BCUT2D eigenvalue weighted by Gasteiger charge is -2.44. The largest absolute Gasteiger partial charge is 0.299 e. The van der Waals surface area contributed by atoms with Gasteiger partial charge in [-0.25, -0.2) is 0 Å². The van der Waals surface area contributed by atoms with E-state index in [1.54, 1.807) is 6.07 Å². The number of piperidine rings is 1. The van der Waals surface area contributed by atoms with E-state index < -0.39 is 0 Å². The van der Waals surface area contributed by atoms with Crippen LogP contribution in [0.5, 0.6) is 0 Å². The molecule has 1 saturated carbocycles. The Hall–Kier alpha value is -1.04. The lowest BCUT2D eigenvalue weighted by Crippen LogP contribution is -2.40. The van der Waals surface area contributed by atoms with Gasteiger partial charge in [-0.2, -0.15) is 5.26 Å². The van der Waals surface area contributed by atoms with Gasteiger partial charge in [0, 0.05) is 11.6 Å². The summed E-state index contributed by atoms with van der Waals surface area (Å²) < 4.78 is 0. The van der Waals surface area contributed by atoms with Crippen LogP contribution in [0, 0.1) is 16.7 Å². The number of likely N-dealkylation sites (tertiary alicyclic amines) is 1. The summed E-state index contributed by atoms with van der Waals surface area (Å²) in [5, 5.41) is 9.62. The van der Waals surface area contributed by atoms with Gasteiger partial charge in [0.05, 0.1) is 11.6 Å². The fourth-order valence-corrected chi connectivity index (χ4v) is 4.21. The van der Waals surface area contributed by atoms with Gasteiger partial charge in [0.15, 0.2) is 0 Å². The maximum absolute atomic E-state index is 8.90. The molecule has 2 aliphatic rings. The molecule has 0 unspecified atom stereocenters. The molecule has 1 aliphatic carbocycles. The van der Waals surface area contributed by atoms with Crippen molar-refractivity contribution in [3.8, 4) is 6.07 Å². The summed E-state index contributed by atoms with van der Waals surface area (Å²) in [6.07, 6.45) is 9.88. The quantitative estimate of drug-likeness (QED) is 0.787. The molecule has 21 heavy (non-hydrogen) atoms. The van der Waals surface area contributed by atoms with Crippen LogP contribution in [-0.2, 0) is 6.54 Å². The predicted molar refractivity (Wildman–Crippen MR) is 86.2 cm³/mol. The van der Waals surface area contributed by atoms with Crippen molar-refractivity contribution in [3.63, 3.8) is 0 Å². The third-order valence-corrected chi connectivity index (χ3v) is 5.76. The van der Waals surface area contributed by atoms with Gasteiger partial charge in [0.1, 0.15) is 0 Å². The first-order chi connectivity index (χ1) is 10.2. The number of nitrogens with zero attached hydrogens (tertiary/aromatic N) is 2. The van der Waals surface area contributed by atoms with Crippen molar-refractivity contribution in [1.29, 1.82) is 5.26 Å². The average Bonchev–Trinajstić information content (AvgIpc) is 2.52. The number of hydrogen-bond acceptors (Lipinski definition) is 2. The molecule has 0 N–H and O–H groups in total. The molecule has 0 atom stereocenters. The monoisotopic (exact) mass is 302 g/mol. The topological polar surface area (TPSA) is 27.0 Å². The Bertz CT molecular complexity index is 531. The number of hydrogen-bond donors (Lipinski definition) is 0. The highest BCUT2D eigenvalue weighted by molar-refractivity contribution is 6.31. The number of rotatable bonds is 2. The molecule has 1 saturated heterocycles. The summed E-state index contributed by atoms with van der Waals surface area (Å²) in [6.45, 7) is 3.30. The first-order valence-electron chi connectivity index (χ1n) is 8.12. The van der Waals surface area contributed by atoms with Gasteiger partial charge in [0.2, 0.25) is 0 Å². The molecule has 2 fully saturated rings. The Morgan fingerprint density at radius 3 is 2.43 bits per heavy atom. The minimum absolute atomic E-state index is 0.642. The van der Waals surface area contributed by atoms with Crippen molar-refractivity contribution >= 4 is 11.6 Å².